The summed E-state index contributed by atoms with van der Waals surface area (Å²) in [6.07, 6.45) is 3.30. The third-order valence-corrected chi connectivity index (χ3v) is 6.17. The molecular weight excluding hydrogens is 415 g/mol. The first kappa shape index (κ1) is 20.7. The Morgan fingerprint density at radius 2 is 1.72 bits per heavy atom. The standard InChI is InChI=1S/C24H24F3N5/c25-24(26,27)21-11-10-18(23(31-21)32-12-3-4-13-32)20-14-22(29-15-28-20)30-19-9-5-7-16-6-1-2-8-17(16)19/h5,7,9-11,14-15H,1-4,6,8,12-13H2,(H,28,29,30). The minimum absolute atomic E-state index is 0.332. The van der Waals surface area contributed by atoms with E-state index < -0.39 is 11.9 Å². The van der Waals surface area contributed by atoms with Gasteiger partial charge >= 0.3 is 6.18 Å². The number of aryl methyl sites for hydroxylation is 1. The highest BCUT2D eigenvalue weighted by atomic mass is 19.4. The number of pyridine rings is 1. The fourth-order valence-electron chi connectivity index (χ4n) is 4.59. The molecule has 1 aromatic carbocycles. The van der Waals surface area contributed by atoms with E-state index in [1.807, 2.05) is 17.0 Å². The van der Waals surface area contributed by atoms with Gasteiger partial charge in [0.25, 0.3) is 0 Å². The van der Waals surface area contributed by atoms with Crippen molar-refractivity contribution in [2.75, 3.05) is 23.3 Å². The Morgan fingerprint density at radius 3 is 2.53 bits per heavy atom. The molecule has 0 bridgehead atoms. The fourth-order valence-corrected chi connectivity index (χ4v) is 4.59. The van der Waals surface area contributed by atoms with Crippen LogP contribution in [0.3, 0.4) is 0 Å². The third kappa shape index (κ3) is 4.13. The van der Waals surface area contributed by atoms with Gasteiger partial charge < -0.3 is 10.2 Å². The Morgan fingerprint density at radius 1 is 0.906 bits per heavy atom. The van der Waals surface area contributed by atoms with Crippen LogP contribution in [-0.2, 0) is 19.0 Å². The number of rotatable bonds is 4. The van der Waals surface area contributed by atoms with Gasteiger partial charge in [0.15, 0.2) is 0 Å². The van der Waals surface area contributed by atoms with Crippen LogP contribution >= 0.6 is 0 Å². The Balaban J connectivity index is 1.51. The number of fused-ring (bicyclic) bond motifs is 1. The average Bonchev–Trinajstić information content (AvgIpc) is 3.33. The van der Waals surface area contributed by atoms with Crippen molar-refractivity contribution in [3.63, 3.8) is 0 Å². The predicted octanol–water partition coefficient (Wildman–Crippen LogP) is 5.78. The maximum Gasteiger partial charge on any atom is 0.433 e. The molecule has 5 rings (SSSR count). The summed E-state index contributed by atoms with van der Waals surface area (Å²) in [6.45, 7) is 1.38. The van der Waals surface area contributed by atoms with Gasteiger partial charge in [-0.15, -0.1) is 0 Å². The summed E-state index contributed by atoms with van der Waals surface area (Å²) < 4.78 is 40.0. The fraction of sp³-hybridized carbons (Fsp3) is 0.375. The van der Waals surface area contributed by atoms with Gasteiger partial charge in [-0.25, -0.2) is 15.0 Å². The molecule has 1 aliphatic carbocycles. The molecule has 0 saturated carbocycles. The summed E-state index contributed by atoms with van der Waals surface area (Å²) >= 11 is 0. The average molecular weight is 439 g/mol. The van der Waals surface area contributed by atoms with Crippen LogP contribution in [0.4, 0.5) is 30.5 Å². The van der Waals surface area contributed by atoms with Crippen LogP contribution < -0.4 is 10.2 Å². The second kappa shape index (κ2) is 8.41. The molecule has 0 amide bonds. The van der Waals surface area contributed by atoms with Crippen LogP contribution in [0.2, 0.25) is 0 Å². The molecule has 0 unspecified atom stereocenters. The largest absolute Gasteiger partial charge is 0.433 e. The zero-order chi connectivity index (χ0) is 22.1. The monoisotopic (exact) mass is 439 g/mol. The van der Waals surface area contributed by atoms with Crippen LogP contribution in [0.1, 0.15) is 42.5 Å². The van der Waals surface area contributed by atoms with E-state index in [-0.39, 0.29) is 0 Å². The van der Waals surface area contributed by atoms with Crippen molar-refractivity contribution in [2.45, 2.75) is 44.7 Å². The third-order valence-electron chi connectivity index (χ3n) is 6.17. The lowest BCUT2D eigenvalue weighted by molar-refractivity contribution is -0.141. The lowest BCUT2D eigenvalue weighted by Gasteiger charge is -2.22. The molecule has 2 aromatic heterocycles. The van der Waals surface area contributed by atoms with Gasteiger partial charge in [0.2, 0.25) is 0 Å². The van der Waals surface area contributed by atoms with Crippen LogP contribution in [0.25, 0.3) is 11.3 Å². The smallest absolute Gasteiger partial charge is 0.356 e. The van der Waals surface area contributed by atoms with Crippen LogP contribution in [0.5, 0.6) is 0 Å². The topological polar surface area (TPSA) is 53.9 Å². The predicted molar refractivity (Wildman–Crippen MR) is 118 cm³/mol. The van der Waals surface area contributed by atoms with E-state index >= 15 is 0 Å². The van der Waals surface area contributed by atoms with Crippen molar-refractivity contribution in [1.82, 2.24) is 15.0 Å². The summed E-state index contributed by atoms with van der Waals surface area (Å²) in [4.78, 5) is 14.6. The lowest BCUT2D eigenvalue weighted by atomic mass is 9.90. The minimum Gasteiger partial charge on any atom is -0.356 e. The molecule has 2 aliphatic rings. The van der Waals surface area contributed by atoms with Crippen molar-refractivity contribution >= 4 is 17.3 Å². The molecule has 0 radical (unpaired) electrons. The molecule has 1 saturated heterocycles. The van der Waals surface area contributed by atoms with E-state index in [0.717, 1.165) is 43.9 Å². The van der Waals surface area contributed by atoms with Crippen molar-refractivity contribution in [3.05, 3.63) is 59.5 Å². The summed E-state index contributed by atoms with van der Waals surface area (Å²) in [5, 5.41) is 3.40. The molecule has 0 atom stereocenters. The summed E-state index contributed by atoms with van der Waals surface area (Å²) in [6, 6.07) is 10.5. The summed E-state index contributed by atoms with van der Waals surface area (Å²) in [5.74, 6) is 0.945. The highest BCUT2D eigenvalue weighted by molar-refractivity contribution is 5.76. The number of halogens is 3. The second-order valence-corrected chi connectivity index (χ2v) is 8.32. The maximum absolute atomic E-state index is 13.3. The molecular formula is C24H24F3N5. The lowest BCUT2D eigenvalue weighted by Crippen LogP contribution is -2.22. The number of nitrogens with zero attached hydrogens (tertiary/aromatic N) is 4. The number of nitrogens with one attached hydrogen (secondary N) is 1. The van der Waals surface area contributed by atoms with Gasteiger partial charge in [-0.2, -0.15) is 13.2 Å². The van der Waals surface area contributed by atoms with Crippen molar-refractivity contribution in [1.29, 1.82) is 0 Å². The number of alkyl halides is 3. The zero-order valence-corrected chi connectivity index (χ0v) is 17.6. The molecule has 3 aromatic rings. The molecule has 32 heavy (non-hydrogen) atoms. The summed E-state index contributed by atoms with van der Waals surface area (Å²) in [5.41, 5.74) is 3.95. The van der Waals surface area contributed by atoms with Crippen molar-refractivity contribution in [2.24, 2.45) is 0 Å². The maximum atomic E-state index is 13.3. The van der Waals surface area contributed by atoms with Crippen molar-refractivity contribution < 1.29 is 13.2 Å². The van der Waals surface area contributed by atoms with Gasteiger partial charge in [-0.3, -0.25) is 0 Å². The number of hydrogen-bond donors (Lipinski definition) is 1. The molecule has 1 aliphatic heterocycles. The van der Waals surface area contributed by atoms with E-state index in [9.17, 15) is 13.2 Å². The highest BCUT2D eigenvalue weighted by Gasteiger charge is 2.34. The van der Waals surface area contributed by atoms with Crippen LogP contribution in [0, 0.1) is 0 Å². The second-order valence-electron chi connectivity index (χ2n) is 8.32. The van der Waals surface area contributed by atoms with E-state index in [1.165, 1.54) is 29.9 Å². The minimum atomic E-state index is -4.49. The van der Waals surface area contributed by atoms with Crippen LogP contribution in [-0.4, -0.2) is 28.0 Å². The van der Waals surface area contributed by atoms with Gasteiger partial charge in [0.05, 0.1) is 5.69 Å². The van der Waals surface area contributed by atoms with Gasteiger partial charge in [0, 0.05) is 30.4 Å². The Kier molecular flexibility index (Phi) is 5.45. The molecule has 166 valence electrons. The molecule has 0 spiro atoms. The molecule has 1 fully saturated rings. The van der Waals surface area contributed by atoms with Gasteiger partial charge in [-0.05, 0) is 67.9 Å². The number of aromatic nitrogens is 3. The molecule has 1 N–H and O–H groups in total. The van der Waals surface area contributed by atoms with Gasteiger partial charge in [0.1, 0.15) is 23.7 Å². The van der Waals surface area contributed by atoms with E-state index in [4.69, 9.17) is 0 Å². The Bertz CT molecular complexity index is 1120. The van der Waals surface area contributed by atoms with Crippen LogP contribution in [0.15, 0.2) is 42.7 Å². The number of hydrogen-bond acceptors (Lipinski definition) is 5. The van der Waals surface area contributed by atoms with E-state index in [0.29, 0.717) is 36.0 Å². The van der Waals surface area contributed by atoms with E-state index in [1.54, 1.807) is 6.07 Å². The van der Waals surface area contributed by atoms with Crippen molar-refractivity contribution in [3.8, 4) is 11.3 Å². The molecule has 5 nitrogen and oxygen atoms in total. The number of anilines is 3. The summed E-state index contributed by atoms with van der Waals surface area (Å²) in [7, 11) is 0. The first-order chi connectivity index (χ1) is 15.5. The quantitative estimate of drug-likeness (QED) is 0.559. The SMILES string of the molecule is FC(F)(F)c1ccc(-c2cc(Nc3cccc4c3CCCC4)ncn2)c(N2CCCC2)n1. The first-order valence-corrected chi connectivity index (χ1v) is 11.0. The zero-order valence-electron chi connectivity index (χ0n) is 17.6. The van der Waals surface area contributed by atoms with Gasteiger partial charge in [-0.1, -0.05) is 12.1 Å². The van der Waals surface area contributed by atoms with E-state index in [2.05, 4.69) is 26.3 Å². The molecule has 3 heterocycles. The molecule has 8 heteroatoms. The Labute approximate surface area is 184 Å². The first-order valence-electron chi connectivity index (χ1n) is 11.0. The Hall–Kier alpha value is -3.16. The normalized spacial score (nSPS) is 16.2. The highest BCUT2D eigenvalue weighted by Crippen LogP contribution is 2.36. The number of benzene rings is 1.